The van der Waals surface area contributed by atoms with Crippen molar-refractivity contribution in [2.45, 2.75) is 6.92 Å². The molecule has 1 heterocycles. The van der Waals surface area contributed by atoms with Crippen molar-refractivity contribution in [1.29, 1.82) is 0 Å². The fraction of sp³-hybridized carbons (Fsp3) is 0.286. The predicted molar refractivity (Wildman–Crippen MR) is 76.5 cm³/mol. The van der Waals surface area contributed by atoms with Gasteiger partial charge in [0.1, 0.15) is 0 Å². The summed E-state index contributed by atoms with van der Waals surface area (Å²) in [4.78, 5) is 22.8. The van der Waals surface area contributed by atoms with E-state index in [0.717, 1.165) is 17.1 Å². The number of rotatable bonds is 3. The number of thioether (sulfide) groups is 1. The molecular formula is C14H17NO2S. The number of hydrogen-bond acceptors (Lipinski definition) is 4. The van der Waals surface area contributed by atoms with Crippen LogP contribution in [0.3, 0.4) is 0 Å². The number of benzene rings is 1. The Balaban J connectivity index is 0.000000917. The quantitative estimate of drug-likeness (QED) is 0.672. The molecule has 3 nitrogen and oxygen atoms in total. The first kappa shape index (κ1) is 16.4. The second-order valence-corrected chi connectivity index (χ2v) is 4.81. The summed E-state index contributed by atoms with van der Waals surface area (Å²) in [5, 5.41) is 0. The van der Waals surface area contributed by atoms with Crippen LogP contribution in [0, 0.1) is 18.8 Å². The van der Waals surface area contributed by atoms with Gasteiger partial charge in [0, 0.05) is 28.6 Å². The van der Waals surface area contributed by atoms with Crippen LogP contribution in [0.15, 0.2) is 24.3 Å². The number of Topliss-reactive ketones (excluding diaryl/α,β-unsaturated/α-hetero) is 2. The summed E-state index contributed by atoms with van der Waals surface area (Å²) in [7, 11) is 0. The Bertz CT molecular complexity index is 433. The molecule has 0 radical (unpaired) electrons. The van der Waals surface area contributed by atoms with Crippen molar-refractivity contribution in [2.75, 3.05) is 11.5 Å². The lowest BCUT2D eigenvalue weighted by atomic mass is 9.98. The maximum Gasteiger partial charge on any atom is 0.167 e. The molecule has 0 bridgehead atoms. The molecule has 1 saturated heterocycles. The van der Waals surface area contributed by atoms with Gasteiger partial charge in [0.25, 0.3) is 0 Å². The fourth-order valence-electron chi connectivity index (χ4n) is 1.49. The van der Waals surface area contributed by atoms with E-state index in [1.807, 2.05) is 0 Å². The highest BCUT2D eigenvalue weighted by Gasteiger charge is 2.26. The minimum atomic E-state index is 0. The van der Waals surface area contributed by atoms with Crippen molar-refractivity contribution in [1.82, 2.24) is 6.15 Å². The largest absolute Gasteiger partial charge is 0.344 e. The van der Waals surface area contributed by atoms with Gasteiger partial charge in [-0.05, 0) is 6.92 Å². The molecule has 1 aromatic rings. The minimum absolute atomic E-state index is 0. The highest BCUT2D eigenvalue weighted by atomic mass is 32.2. The molecule has 4 heteroatoms. The Morgan fingerprint density at radius 1 is 1.11 bits per heavy atom. The molecule has 1 fully saturated rings. The van der Waals surface area contributed by atoms with Gasteiger partial charge in [0.05, 0.1) is 0 Å². The van der Waals surface area contributed by atoms with Crippen LogP contribution in [0.2, 0.25) is 0 Å². The SMILES string of the molecule is C#C.CC(=O)c1ccc(C(=O)C2CSC2)cc1.N. The second kappa shape index (κ2) is 7.70. The van der Waals surface area contributed by atoms with Gasteiger partial charge in [0.2, 0.25) is 0 Å². The van der Waals surface area contributed by atoms with Crippen molar-refractivity contribution >= 4 is 23.3 Å². The van der Waals surface area contributed by atoms with E-state index in [2.05, 4.69) is 12.8 Å². The van der Waals surface area contributed by atoms with Crippen molar-refractivity contribution in [3.63, 3.8) is 0 Å². The average molecular weight is 263 g/mol. The molecule has 0 saturated carbocycles. The van der Waals surface area contributed by atoms with Gasteiger partial charge in [-0.25, -0.2) is 0 Å². The van der Waals surface area contributed by atoms with Crippen LogP contribution in [0.5, 0.6) is 0 Å². The summed E-state index contributed by atoms with van der Waals surface area (Å²) < 4.78 is 0. The van der Waals surface area contributed by atoms with Gasteiger partial charge >= 0.3 is 0 Å². The molecule has 18 heavy (non-hydrogen) atoms. The molecule has 0 aromatic heterocycles. The number of carbonyl (C=O) groups is 2. The van der Waals surface area contributed by atoms with E-state index in [1.54, 1.807) is 36.0 Å². The van der Waals surface area contributed by atoms with Gasteiger partial charge in [-0.1, -0.05) is 24.3 Å². The molecule has 2 rings (SSSR count). The summed E-state index contributed by atoms with van der Waals surface area (Å²) in [6.45, 7) is 1.53. The molecule has 0 aliphatic carbocycles. The van der Waals surface area contributed by atoms with Crippen LogP contribution in [0.1, 0.15) is 27.6 Å². The molecule has 96 valence electrons. The lowest BCUT2D eigenvalue weighted by molar-refractivity contribution is 0.0937. The van der Waals surface area contributed by atoms with Crippen molar-refractivity contribution < 1.29 is 9.59 Å². The van der Waals surface area contributed by atoms with Gasteiger partial charge in [-0.15, -0.1) is 12.8 Å². The van der Waals surface area contributed by atoms with Crippen LogP contribution in [-0.4, -0.2) is 23.1 Å². The van der Waals surface area contributed by atoms with E-state index >= 15 is 0 Å². The third kappa shape index (κ3) is 3.73. The average Bonchev–Trinajstić information content (AvgIpc) is 2.29. The first-order chi connectivity index (χ1) is 8.18. The Hall–Kier alpha value is -1.57. The highest BCUT2D eigenvalue weighted by molar-refractivity contribution is 8.00. The van der Waals surface area contributed by atoms with Crippen LogP contribution >= 0.6 is 11.8 Å². The van der Waals surface area contributed by atoms with Gasteiger partial charge in [-0.3, -0.25) is 9.59 Å². The van der Waals surface area contributed by atoms with Crippen molar-refractivity contribution in [3.8, 4) is 12.8 Å². The van der Waals surface area contributed by atoms with Crippen molar-refractivity contribution in [2.24, 2.45) is 5.92 Å². The third-order valence-electron chi connectivity index (χ3n) is 2.58. The first-order valence-corrected chi connectivity index (χ1v) is 6.40. The van der Waals surface area contributed by atoms with Gasteiger partial charge in [0.15, 0.2) is 11.6 Å². The van der Waals surface area contributed by atoms with E-state index in [0.29, 0.717) is 5.56 Å². The zero-order valence-corrected chi connectivity index (χ0v) is 11.2. The van der Waals surface area contributed by atoms with Crippen molar-refractivity contribution in [3.05, 3.63) is 35.4 Å². The highest BCUT2D eigenvalue weighted by Crippen LogP contribution is 2.27. The monoisotopic (exact) mass is 263 g/mol. The molecule has 0 amide bonds. The maximum absolute atomic E-state index is 11.8. The summed E-state index contributed by atoms with van der Waals surface area (Å²) >= 11 is 1.80. The summed E-state index contributed by atoms with van der Waals surface area (Å²) in [5.41, 5.74) is 1.39. The van der Waals surface area contributed by atoms with E-state index in [4.69, 9.17) is 0 Å². The molecular weight excluding hydrogens is 246 g/mol. The summed E-state index contributed by atoms with van der Waals surface area (Å²) in [6, 6.07) is 6.95. The molecule has 1 aromatic carbocycles. The van der Waals surface area contributed by atoms with E-state index in [1.165, 1.54) is 6.92 Å². The third-order valence-corrected chi connectivity index (χ3v) is 3.86. The zero-order chi connectivity index (χ0) is 12.8. The van der Waals surface area contributed by atoms with Crippen LogP contribution in [0.25, 0.3) is 0 Å². The summed E-state index contributed by atoms with van der Waals surface area (Å²) in [5.74, 6) is 2.32. The molecule has 1 aliphatic rings. The Labute approximate surface area is 112 Å². The predicted octanol–water partition coefficient (Wildman–Crippen LogP) is 2.85. The van der Waals surface area contributed by atoms with Gasteiger partial charge in [-0.2, -0.15) is 11.8 Å². The van der Waals surface area contributed by atoms with Crippen LogP contribution in [-0.2, 0) is 0 Å². The topological polar surface area (TPSA) is 69.1 Å². The molecule has 3 N–H and O–H groups in total. The van der Waals surface area contributed by atoms with Gasteiger partial charge < -0.3 is 6.15 Å². The molecule has 0 spiro atoms. The molecule has 1 aliphatic heterocycles. The minimum Gasteiger partial charge on any atom is -0.344 e. The maximum atomic E-state index is 11.8. The summed E-state index contributed by atoms with van der Waals surface area (Å²) in [6.07, 6.45) is 8.00. The van der Waals surface area contributed by atoms with Crippen LogP contribution < -0.4 is 6.15 Å². The number of terminal acetylenes is 1. The van der Waals surface area contributed by atoms with E-state index < -0.39 is 0 Å². The zero-order valence-electron chi connectivity index (χ0n) is 10.4. The second-order valence-electron chi connectivity index (χ2n) is 3.73. The number of hydrogen-bond donors (Lipinski definition) is 1. The first-order valence-electron chi connectivity index (χ1n) is 5.25. The molecule has 0 unspecified atom stereocenters. The lowest BCUT2D eigenvalue weighted by Gasteiger charge is -2.23. The Kier molecular flexibility index (Phi) is 7.03. The standard InChI is InChI=1S/C12H12O2S.C2H2.H3N/c1-8(13)9-2-4-10(5-3-9)12(14)11-6-15-7-11;1-2;/h2-5,11H,6-7H2,1H3;1-2H;1H3. The number of ketones is 2. The van der Waals surface area contributed by atoms with E-state index in [-0.39, 0.29) is 23.6 Å². The smallest absolute Gasteiger partial charge is 0.167 e. The van der Waals surface area contributed by atoms with Crippen LogP contribution in [0.4, 0.5) is 0 Å². The molecule has 0 atom stereocenters. The Morgan fingerprint density at radius 3 is 1.89 bits per heavy atom. The fourth-order valence-corrected chi connectivity index (χ4v) is 2.27. The normalized spacial score (nSPS) is 13.3. The van der Waals surface area contributed by atoms with E-state index in [9.17, 15) is 9.59 Å². The Morgan fingerprint density at radius 2 is 1.56 bits per heavy atom. The lowest BCUT2D eigenvalue weighted by Crippen LogP contribution is -2.27. The number of carbonyl (C=O) groups excluding carboxylic acids is 2.